The first-order valence-corrected chi connectivity index (χ1v) is 8.04. The number of anilines is 1. The van der Waals surface area contributed by atoms with Crippen LogP contribution in [0.3, 0.4) is 0 Å². The molecule has 0 spiro atoms. The van der Waals surface area contributed by atoms with Gasteiger partial charge in [-0.2, -0.15) is 10.1 Å². The number of carbonyl (C=O) groups excluding carboxylic acids is 1. The zero-order valence-electron chi connectivity index (χ0n) is 13.8. The lowest BCUT2D eigenvalue weighted by atomic mass is 10.1. The number of para-hydroxylation sites is 1. The fraction of sp³-hybridized carbons (Fsp3) is 0.158. The average molecular weight is 334 g/mol. The minimum absolute atomic E-state index is 0.182. The van der Waals surface area contributed by atoms with Crippen LogP contribution in [0, 0.1) is 0 Å². The first-order valence-electron chi connectivity index (χ1n) is 8.04. The summed E-state index contributed by atoms with van der Waals surface area (Å²) >= 11 is 0. The lowest BCUT2D eigenvalue weighted by Crippen LogP contribution is -2.31. The maximum atomic E-state index is 12.2. The molecule has 3 rings (SSSR count). The third-order valence-electron chi connectivity index (χ3n) is 3.79. The molecule has 0 aliphatic rings. The van der Waals surface area contributed by atoms with Crippen molar-refractivity contribution in [3.63, 3.8) is 0 Å². The number of aromatic nitrogens is 3. The van der Waals surface area contributed by atoms with Crippen LogP contribution in [0.2, 0.25) is 0 Å². The lowest BCUT2D eigenvalue weighted by molar-refractivity contribution is -0.117. The minimum Gasteiger partial charge on any atom is -0.324 e. The summed E-state index contributed by atoms with van der Waals surface area (Å²) in [5, 5.41) is 6.88. The van der Waals surface area contributed by atoms with Crippen molar-refractivity contribution in [1.29, 1.82) is 0 Å². The molecule has 0 radical (unpaired) electrons. The van der Waals surface area contributed by atoms with E-state index in [1.165, 1.54) is 6.20 Å². The van der Waals surface area contributed by atoms with Gasteiger partial charge in [-0.05, 0) is 18.1 Å². The fourth-order valence-electron chi connectivity index (χ4n) is 2.50. The highest BCUT2D eigenvalue weighted by molar-refractivity contribution is 5.91. The second-order valence-electron chi connectivity index (χ2n) is 5.51. The largest absolute Gasteiger partial charge is 0.365 e. The predicted octanol–water partition coefficient (Wildman–Crippen LogP) is 2.51. The van der Waals surface area contributed by atoms with E-state index in [4.69, 9.17) is 0 Å². The Kier molecular flexibility index (Phi) is 4.99. The van der Waals surface area contributed by atoms with Crippen LogP contribution in [0.25, 0.3) is 11.3 Å². The quantitative estimate of drug-likeness (QED) is 0.778. The van der Waals surface area contributed by atoms with E-state index in [1.54, 1.807) is 0 Å². The SMILES string of the molecule is CCc1ccccc1NC(=O)Cn1ncc(-c2ccccc2)nc1=O. The van der Waals surface area contributed by atoms with E-state index >= 15 is 0 Å². The highest BCUT2D eigenvalue weighted by Crippen LogP contribution is 2.15. The number of hydrogen-bond donors (Lipinski definition) is 1. The molecule has 25 heavy (non-hydrogen) atoms. The Morgan fingerprint density at radius 2 is 1.80 bits per heavy atom. The van der Waals surface area contributed by atoms with Crippen molar-refractivity contribution in [2.45, 2.75) is 19.9 Å². The van der Waals surface area contributed by atoms with Crippen molar-refractivity contribution in [3.8, 4) is 11.3 Å². The van der Waals surface area contributed by atoms with E-state index in [2.05, 4.69) is 15.4 Å². The molecule has 0 atom stereocenters. The van der Waals surface area contributed by atoms with Gasteiger partial charge in [-0.3, -0.25) is 4.79 Å². The van der Waals surface area contributed by atoms with Crippen LogP contribution in [0.5, 0.6) is 0 Å². The van der Waals surface area contributed by atoms with Gasteiger partial charge in [0.05, 0.1) is 11.9 Å². The number of nitrogens with one attached hydrogen (secondary N) is 1. The summed E-state index contributed by atoms with van der Waals surface area (Å²) in [7, 11) is 0. The molecule has 0 bridgehead atoms. The smallest absolute Gasteiger partial charge is 0.324 e. The number of amides is 1. The number of hydrogen-bond acceptors (Lipinski definition) is 4. The first-order chi connectivity index (χ1) is 12.2. The molecule has 1 aromatic heterocycles. The fourth-order valence-corrected chi connectivity index (χ4v) is 2.50. The summed E-state index contributed by atoms with van der Waals surface area (Å²) in [5.74, 6) is -0.315. The topological polar surface area (TPSA) is 76.9 Å². The zero-order valence-corrected chi connectivity index (χ0v) is 13.8. The van der Waals surface area contributed by atoms with Gasteiger partial charge in [0.25, 0.3) is 0 Å². The summed E-state index contributed by atoms with van der Waals surface area (Å²) in [6.07, 6.45) is 2.30. The van der Waals surface area contributed by atoms with Gasteiger partial charge in [-0.15, -0.1) is 0 Å². The molecule has 3 aromatic rings. The van der Waals surface area contributed by atoms with E-state index in [1.807, 2.05) is 61.5 Å². The third kappa shape index (κ3) is 3.98. The summed E-state index contributed by atoms with van der Waals surface area (Å²) in [4.78, 5) is 28.4. The number of carbonyl (C=O) groups is 1. The van der Waals surface area contributed by atoms with Gasteiger partial charge >= 0.3 is 5.69 Å². The van der Waals surface area contributed by atoms with Gasteiger partial charge in [0.2, 0.25) is 5.91 Å². The van der Waals surface area contributed by atoms with Crippen molar-refractivity contribution >= 4 is 11.6 Å². The molecular formula is C19H18N4O2. The molecule has 0 saturated heterocycles. The van der Waals surface area contributed by atoms with Gasteiger partial charge in [0.15, 0.2) is 0 Å². The lowest BCUT2D eigenvalue weighted by Gasteiger charge is -2.10. The van der Waals surface area contributed by atoms with E-state index in [9.17, 15) is 9.59 Å². The molecule has 2 aromatic carbocycles. The first kappa shape index (κ1) is 16.6. The Morgan fingerprint density at radius 1 is 1.08 bits per heavy atom. The third-order valence-corrected chi connectivity index (χ3v) is 3.79. The Labute approximate surface area is 145 Å². The molecule has 6 heteroatoms. The Hall–Kier alpha value is -3.28. The van der Waals surface area contributed by atoms with Gasteiger partial charge in [0.1, 0.15) is 6.54 Å². The molecule has 0 aliphatic heterocycles. The van der Waals surface area contributed by atoms with Crippen LogP contribution in [0.1, 0.15) is 12.5 Å². The van der Waals surface area contributed by atoms with Crippen molar-refractivity contribution in [2.24, 2.45) is 0 Å². The van der Waals surface area contributed by atoms with E-state index in [0.717, 1.165) is 27.9 Å². The summed E-state index contributed by atoms with van der Waals surface area (Å²) < 4.78 is 1.05. The normalized spacial score (nSPS) is 10.4. The molecule has 1 amide bonds. The molecule has 1 heterocycles. The van der Waals surface area contributed by atoms with Crippen molar-refractivity contribution in [2.75, 3.05) is 5.32 Å². The second kappa shape index (κ2) is 7.53. The molecule has 0 unspecified atom stereocenters. The van der Waals surface area contributed by atoms with Crippen LogP contribution in [-0.4, -0.2) is 20.7 Å². The van der Waals surface area contributed by atoms with Gasteiger partial charge in [0, 0.05) is 11.3 Å². The van der Waals surface area contributed by atoms with E-state index in [-0.39, 0.29) is 12.5 Å². The van der Waals surface area contributed by atoms with Gasteiger partial charge in [-0.1, -0.05) is 55.5 Å². The van der Waals surface area contributed by atoms with Crippen molar-refractivity contribution < 1.29 is 4.79 Å². The summed E-state index contributed by atoms with van der Waals surface area (Å²) in [6.45, 7) is 1.84. The van der Waals surface area contributed by atoms with Crippen molar-refractivity contribution in [3.05, 3.63) is 76.8 Å². The molecule has 0 saturated carbocycles. The maximum absolute atomic E-state index is 12.2. The average Bonchev–Trinajstić information content (AvgIpc) is 2.64. The number of benzene rings is 2. The minimum atomic E-state index is -0.555. The molecule has 126 valence electrons. The predicted molar refractivity (Wildman–Crippen MR) is 96.2 cm³/mol. The molecule has 0 fully saturated rings. The van der Waals surface area contributed by atoms with Crippen molar-refractivity contribution in [1.82, 2.24) is 14.8 Å². The standard InChI is InChI=1S/C19H18N4O2/c1-2-14-8-6-7-11-16(14)21-18(24)13-23-19(25)22-17(12-20-23)15-9-4-3-5-10-15/h3-12H,2,13H2,1H3,(H,21,24). The summed E-state index contributed by atoms with van der Waals surface area (Å²) in [5.41, 5.74) is 2.52. The van der Waals surface area contributed by atoms with Crippen LogP contribution in [-0.2, 0) is 17.8 Å². The Bertz CT molecular complexity index is 935. The molecular weight excluding hydrogens is 316 g/mol. The number of aryl methyl sites for hydroxylation is 1. The van der Waals surface area contributed by atoms with E-state index < -0.39 is 5.69 Å². The second-order valence-corrected chi connectivity index (χ2v) is 5.51. The van der Waals surface area contributed by atoms with Crippen LogP contribution in [0.15, 0.2) is 65.6 Å². The maximum Gasteiger partial charge on any atom is 0.365 e. The number of rotatable bonds is 5. The highest BCUT2D eigenvalue weighted by Gasteiger charge is 2.10. The Morgan fingerprint density at radius 3 is 2.52 bits per heavy atom. The zero-order chi connectivity index (χ0) is 17.6. The molecule has 1 N–H and O–H groups in total. The summed E-state index contributed by atoms with van der Waals surface area (Å²) in [6, 6.07) is 16.9. The van der Waals surface area contributed by atoms with Crippen LogP contribution >= 0.6 is 0 Å². The van der Waals surface area contributed by atoms with Crippen LogP contribution < -0.4 is 11.0 Å². The van der Waals surface area contributed by atoms with Crippen LogP contribution in [0.4, 0.5) is 5.69 Å². The number of nitrogens with zero attached hydrogens (tertiary/aromatic N) is 3. The molecule has 0 aliphatic carbocycles. The molecule has 6 nitrogen and oxygen atoms in total. The van der Waals surface area contributed by atoms with Gasteiger partial charge in [-0.25, -0.2) is 9.48 Å². The van der Waals surface area contributed by atoms with E-state index in [0.29, 0.717) is 5.69 Å². The Balaban J connectivity index is 1.75. The van der Waals surface area contributed by atoms with Gasteiger partial charge < -0.3 is 5.32 Å². The highest BCUT2D eigenvalue weighted by atomic mass is 16.2. The monoisotopic (exact) mass is 334 g/mol.